The molecule has 2 aromatic carbocycles. The molecule has 0 aliphatic heterocycles. The molecule has 1 amide bonds. The fraction of sp³-hybridized carbons (Fsp3) is 0.278. The first-order chi connectivity index (χ1) is 11.3. The van der Waals surface area contributed by atoms with Crippen molar-refractivity contribution < 1.29 is 13.6 Å². The van der Waals surface area contributed by atoms with Crippen molar-refractivity contribution in [3.8, 4) is 0 Å². The monoisotopic (exact) mass is 350 g/mol. The average molecular weight is 350 g/mol. The van der Waals surface area contributed by atoms with Crippen LogP contribution in [0.5, 0.6) is 0 Å². The zero-order valence-corrected chi connectivity index (χ0v) is 14.4. The van der Waals surface area contributed by atoms with E-state index in [1.165, 1.54) is 0 Å². The van der Waals surface area contributed by atoms with E-state index in [1.54, 1.807) is 38.1 Å². The lowest BCUT2D eigenvalue weighted by Gasteiger charge is -2.22. The molecule has 0 aliphatic carbocycles. The molecule has 3 N–H and O–H groups in total. The Balaban J connectivity index is 2.26. The summed E-state index contributed by atoms with van der Waals surface area (Å²) in [6.45, 7) is 3.87. The van der Waals surface area contributed by atoms with Crippen LogP contribution in [0, 0.1) is 11.6 Å². The van der Waals surface area contributed by atoms with Gasteiger partial charge in [-0.3, -0.25) is 4.79 Å². The molecule has 0 fully saturated rings. The highest BCUT2D eigenvalue weighted by atomic mass is 32.2. The van der Waals surface area contributed by atoms with Gasteiger partial charge >= 0.3 is 0 Å². The molecule has 6 heteroatoms. The van der Waals surface area contributed by atoms with Crippen molar-refractivity contribution >= 4 is 17.7 Å². The molecule has 1 atom stereocenters. The number of nitrogens with one attached hydrogen (secondary N) is 1. The molecule has 0 aromatic heterocycles. The van der Waals surface area contributed by atoms with Crippen molar-refractivity contribution in [1.29, 1.82) is 0 Å². The first-order valence-corrected chi connectivity index (χ1v) is 8.37. The maximum Gasteiger partial charge on any atom is 0.238 e. The summed E-state index contributed by atoms with van der Waals surface area (Å²) in [6, 6.07) is 12.2. The van der Waals surface area contributed by atoms with E-state index < -0.39 is 22.4 Å². The van der Waals surface area contributed by atoms with E-state index in [1.807, 2.05) is 6.07 Å². The Morgan fingerprint density at radius 3 is 2.50 bits per heavy atom. The SMILES string of the molecule is CC(C)(N)CNC(=O)C(Sc1cc(F)ccc1F)c1ccccc1. The fourth-order valence-corrected chi connectivity index (χ4v) is 3.10. The Labute approximate surface area is 144 Å². The van der Waals surface area contributed by atoms with E-state index >= 15 is 0 Å². The number of carbonyl (C=O) groups is 1. The third kappa shape index (κ3) is 5.32. The quantitative estimate of drug-likeness (QED) is 0.782. The van der Waals surface area contributed by atoms with Gasteiger partial charge in [-0.25, -0.2) is 8.78 Å². The van der Waals surface area contributed by atoms with Gasteiger partial charge in [0.1, 0.15) is 16.9 Å². The molecule has 3 nitrogen and oxygen atoms in total. The molecular weight excluding hydrogens is 330 g/mol. The highest BCUT2D eigenvalue weighted by Gasteiger charge is 2.25. The maximum atomic E-state index is 13.9. The summed E-state index contributed by atoms with van der Waals surface area (Å²) in [7, 11) is 0. The van der Waals surface area contributed by atoms with Crippen LogP contribution in [0.15, 0.2) is 53.4 Å². The molecular formula is C18H20F2N2OS. The van der Waals surface area contributed by atoms with Gasteiger partial charge in [-0.2, -0.15) is 0 Å². The third-order valence-corrected chi connectivity index (χ3v) is 4.49. The Kier molecular flexibility index (Phi) is 5.96. The standard InChI is InChI=1S/C18H20F2N2OS/c1-18(2,21)11-22-17(23)16(12-6-4-3-5-7-12)24-15-10-13(19)8-9-14(15)20/h3-10,16H,11,21H2,1-2H3,(H,22,23). The lowest BCUT2D eigenvalue weighted by Crippen LogP contribution is -2.46. The Hall–Kier alpha value is -1.92. The van der Waals surface area contributed by atoms with Crippen LogP contribution >= 0.6 is 11.8 Å². The first kappa shape index (κ1) is 18.4. The van der Waals surface area contributed by atoms with Gasteiger partial charge in [0.05, 0.1) is 0 Å². The minimum Gasteiger partial charge on any atom is -0.353 e. The van der Waals surface area contributed by atoms with Crippen LogP contribution in [0.25, 0.3) is 0 Å². The number of halogens is 2. The molecule has 0 heterocycles. The van der Waals surface area contributed by atoms with Crippen LogP contribution in [0.3, 0.4) is 0 Å². The lowest BCUT2D eigenvalue weighted by atomic mass is 10.1. The Bertz CT molecular complexity index is 702. The summed E-state index contributed by atoms with van der Waals surface area (Å²) in [6.07, 6.45) is 0. The smallest absolute Gasteiger partial charge is 0.238 e. The molecule has 128 valence electrons. The van der Waals surface area contributed by atoms with E-state index in [0.717, 1.165) is 30.0 Å². The highest BCUT2D eigenvalue weighted by molar-refractivity contribution is 8.00. The summed E-state index contributed by atoms with van der Waals surface area (Å²) >= 11 is 0.973. The second-order valence-electron chi connectivity index (χ2n) is 6.19. The van der Waals surface area contributed by atoms with Crippen LogP contribution in [0.4, 0.5) is 8.78 Å². The van der Waals surface area contributed by atoms with Crippen LogP contribution in [0.2, 0.25) is 0 Å². The van der Waals surface area contributed by atoms with Gasteiger partial charge in [-0.05, 0) is 37.6 Å². The van der Waals surface area contributed by atoms with Gasteiger partial charge in [0.2, 0.25) is 5.91 Å². The normalized spacial score (nSPS) is 12.7. The van der Waals surface area contributed by atoms with E-state index in [4.69, 9.17) is 5.73 Å². The van der Waals surface area contributed by atoms with Gasteiger partial charge in [0, 0.05) is 17.0 Å². The molecule has 0 saturated heterocycles. The second-order valence-corrected chi connectivity index (χ2v) is 7.34. The Morgan fingerprint density at radius 1 is 1.21 bits per heavy atom. The van der Waals surface area contributed by atoms with Crippen molar-refractivity contribution in [3.05, 3.63) is 65.7 Å². The van der Waals surface area contributed by atoms with Gasteiger partial charge in [-0.15, -0.1) is 11.8 Å². The van der Waals surface area contributed by atoms with Crippen LogP contribution in [-0.4, -0.2) is 18.0 Å². The molecule has 24 heavy (non-hydrogen) atoms. The minimum absolute atomic E-state index is 0.0889. The van der Waals surface area contributed by atoms with Gasteiger partial charge < -0.3 is 11.1 Å². The van der Waals surface area contributed by atoms with Crippen molar-refractivity contribution in [1.82, 2.24) is 5.32 Å². The number of hydrogen-bond acceptors (Lipinski definition) is 3. The summed E-state index contributed by atoms with van der Waals surface area (Å²) in [5, 5.41) is 2.07. The van der Waals surface area contributed by atoms with Crippen molar-refractivity contribution in [2.45, 2.75) is 29.5 Å². The topological polar surface area (TPSA) is 55.1 Å². The first-order valence-electron chi connectivity index (χ1n) is 7.49. The third-order valence-electron chi connectivity index (χ3n) is 3.20. The molecule has 0 aliphatic rings. The summed E-state index contributed by atoms with van der Waals surface area (Å²) in [5.74, 6) is -1.41. The van der Waals surface area contributed by atoms with Crippen molar-refractivity contribution in [3.63, 3.8) is 0 Å². The average Bonchev–Trinajstić information content (AvgIpc) is 2.53. The van der Waals surface area contributed by atoms with Gasteiger partial charge in [0.25, 0.3) is 0 Å². The predicted octanol–water partition coefficient (Wildman–Crippen LogP) is 3.65. The van der Waals surface area contributed by atoms with Crippen LogP contribution in [0.1, 0.15) is 24.7 Å². The molecule has 0 bridgehead atoms. The van der Waals surface area contributed by atoms with Crippen LogP contribution < -0.4 is 11.1 Å². The molecule has 0 saturated carbocycles. The number of thioether (sulfide) groups is 1. The number of rotatable bonds is 6. The van der Waals surface area contributed by atoms with E-state index in [2.05, 4.69) is 5.32 Å². The predicted molar refractivity (Wildman–Crippen MR) is 92.7 cm³/mol. The zero-order valence-electron chi connectivity index (χ0n) is 13.6. The number of carbonyl (C=O) groups excluding carboxylic acids is 1. The molecule has 2 rings (SSSR count). The van der Waals surface area contributed by atoms with Crippen LogP contribution in [-0.2, 0) is 4.79 Å². The summed E-state index contributed by atoms with van der Waals surface area (Å²) in [5.41, 5.74) is 6.03. The second kappa shape index (κ2) is 7.77. The highest BCUT2D eigenvalue weighted by Crippen LogP contribution is 2.37. The van der Waals surface area contributed by atoms with E-state index in [0.29, 0.717) is 5.56 Å². The van der Waals surface area contributed by atoms with E-state index in [-0.39, 0.29) is 17.3 Å². The molecule has 2 aromatic rings. The maximum absolute atomic E-state index is 13.9. The largest absolute Gasteiger partial charge is 0.353 e. The Morgan fingerprint density at radius 2 is 1.88 bits per heavy atom. The van der Waals surface area contributed by atoms with Gasteiger partial charge in [0.15, 0.2) is 0 Å². The fourth-order valence-electron chi connectivity index (χ4n) is 2.00. The van der Waals surface area contributed by atoms with Crippen molar-refractivity contribution in [2.24, 2.45) is 5.73 Å². The number of amides is 1. The van der Waals surface area contributed by atoms with Gasteiger partial charge in [-0.1, -0.05) is 30.3 Å². The molecule has 0 spiro atoms. The summed E-state index contributed by atoms with van der Waals surface area (Å²) in [4.78, 5) is 12.7. The van der Waals surface area contributed by atoms with E-state index in [9.17, 15) is 13.6 Å². The number of hydrogen-bond donors (Lipinski definition) is 2. The number of benzene rings is 2. The number of nitrogens with two attached hydrogens (primary N) is 1. The minimum atomic E-state index is -0.704. The molecule has 1 unspecified atom stereocenters. The summed E-state index contributed by atoms with van der Waals surface area (Å²) < 4.78 is 27.4. The molecule has 0 radical (unpaired) electrons. The zero-order chi connectivity index (χ0) is 17.7. The lowest BCUT2D eigenvalue weighted by molar-refractivity contribution is -0.120. The van der Waals surface area contributed by atoms with Crippen molar-refractivity contribution in [2.75, 3.05) is 6.54 Å².